The Hall–Kier alpha value is -2.60. The molecular weight excluding hydrogens is 307 g/mol. The highest BCUT2D eigenvalue weighted by molar-refractivity contribution is 6.47. The highest BCUT2D eigenvalue weighted by atomic mass is 16.5. The molecule has 122 valence electrons. The van der Waals surface area contributed by atoms with E-state index in [1.165, 1.54) is 7.11 Å². The summed E-state index contributed by atoms with van der Waals surface area (Å²) in [7, 11) is 0.151. The Labute approximate surface area is 140 Å². The number of benzene rings is 2. The third kappa shape index (κ3) is 3.19. The molecule has 1 aliphatic heterocycles. The smallest absolute Gasteiger partial charge is 0.526 e. The van der Waals surface area contributed by atoms with Crippen molar-refractivity contribution in [1.29, 1.82) is 0 Å². The van der Waals surface area contributed by atoms with Crippen molar-refractivity contribution in [3.8, 4) is 5.75 Å². The monoisotopic (exact) mass is 324 g/mol. The molecule has 1 heterocycles. The van der Waals surface area contributed by atoms with Gasteiger partial charge in [0.1, 0.15) is 11.3 Å². The molecule has 0 saturated carbocycles. The van der Waals surface area contributed by atoms with Crippen LogP contribution in [0.2, 0.25) is 5.82 Å². The SMILES string of the molecule is COC(=O)c1cccc2c1OB(O)[C@@H](CC(=O)c1ccccc1)C2. The van der Waals surface area contributed by atoms with Crippen molar-refractivity contribution in [2.45, 2.75) is 18.7 Å². The summed E-state index contributed by atoms with van der Waals surface area (Å²) in [5.74, 6) is -0.591. The van der Waals surface area contributed by atoms with Gasteiger partial charge in [0.25, 0.3) is 0 Å². The van der Waals surface area contributed by atoms with Crippen molar-refractivity contribution in [3.05, 3.63) is 65.2 Å². The number of rotatable bonds is 4. The maximum atomic E-state index is 12.4. The molecule has 1 aliphatic rings. The number of carbonyl (C=O) groups is 2. The predicted octanol–water partition coefficient (Wildman–Crippen LogP) is 2.53. The van der Waals surface area contributed by atoms with Gasteiger partial charge in [-0.2, -0.15) is 0 Å². The third-order valence-corrected chi connectivity index (χ3v) is 4.17. The lowest BCUT2D eigenvalue weighted by atomic mass is 9.64. The molecule has 1 atom stereocenters. The van der Waals surface area contributed by atoms with Gasteiger partial charge in [0.05, 0.1) is 7.11 Å². The second kappa shape index (κ2) is 6.89. The van der Waals surface area contributed by atoms with Crippen LogP contribution in [0.4, 0.5) is 0 Å². The zero-order valence-corrected chi connectivity index (χ0v) is 13.3. The maximum Gasteiger partial charge on any atom is 0.526 e. The number of para-hydroxylation sites is 1. The first-order chi connectivity index (χ1) is 11.6. The predicted molar refractivity (Wildman–Crippen MR) is 89.2 cm³/mol. The number of fused-ring (bicyclic) bond motifs is 1. The average Bonchev–Trinajstić information content (AvgIpc) is 2.62. The van der Waals surface area contributed by atoms with Crippen molar-refractivity contribution in [3.63, 3.8) is 0 Å². The summed E-state index contributed by atoms with van der Waals surface area (Å²) < 4.78 is 10.3. The van der Waals surface area contributed by atoms with Crippen LogP contribution in [0.25, 0.3) is 0 Å². The van der Waals surface area contributed by atoms with Gasteiger partial charge in [0.15, 0.2) is 5.78 Å². The molecule has 0 aliphatic carbocycles. The topological polar surface area (TPSA) is 72.8 Å². The van der Waals surface area contributed by atoms with E-state index in [1.807, 2.05) is 12.1 Å². The number of methoxy groups -OCH3 is 1. The molecule has 0 radical (unpaired) electrons. The first-order valence-corrected chi connectivity index (χ1v) is 7.73. The third-order valence-electron chi connectivity index (χ3n) is 4.17. The van der Waals surface area contributed by atoms with Crippen molar-refractivity contribution < 1.29 is 24.0 Å². The zero-order valence-electron chi connectivity index (χ0n) is 13.3. The molecule has 2 aromatic rings. The van der Waals surface area contributed by atoms with Crippen LogP contribution in [-0.2, 0) is 11.2 Å². The van der Waals surface area contributed by atoms with Crippen LogP contribution >= 0.6 is 0 Å². The molecular formula is C18H17BO5. The lowest BCUT2D eigenvalue weighted by molar-refractivity contribution is 0.0597. The molecule has 0 saturated heterocycles. The standard InChI is InChI=1S/C18H17BO5/c1-23-18(21)15-9-5-8-13-10-14(19(22)24-17(13)15)11-16(20)12-6-3-2-4-7-12/h2-9,14,22H,10-11H2,1H3/t14-/m1/s1. The maximum absolute atomic E-state index is 12.4. The van der Waals surface area contributed by atoms with Crippen LogP contribution in [-0.4, -0.2) is 31.0 Å². The van der Waals surface area contributed by atoms with Gasteiger partial charge in [-0.05, 0) is 18.1 Å². The Morgan fingerprint density at radius 3 is 2.67 bits per heavy atom. The number of carbonyl (C=O) groups excluding carboxylic acids is 2. The molecule has 0 spiro atoms. The van der Waals surface area contributed by atoms with E-state index in [0.29, 0.717) is 17.7 Å². The molecule has 2 aromatic carbocycles. The second-order valence-electron chi connectivity index (χ2n) is 5.75. The van der Waals surface area contributed by atoms with Gasteiger partial charge in [-0.15, -0.1) is 0 Å². The number of esters is 1. The largest absolute Gasteiger partial charge is 0.535 e. The van der Waals surface area contributed by atoms with Crippen LogP contribution in [0.15, 0.2) is 48.5 Å². The Morgan fingerprint density at radius 2 is 1.96 bits per heavy atom. The summed E-state index contributed by atoms with van der Waals surface area (Å²) >= 11 is 0. The summed E-state index contributed by atoms with van der Waals surface area (Å²) in [4.78, 5) is 24.1. The minimum Gasteiger partial charge on any atom is -0.535 e. The summed E-state index contributed by atoms with van der Waals surface area (Å²) in [5.41, 5.74) is 1.68. The van der Waals surface area contributed by atoms with Gasteiger partial charge in [-0.3, -0.25) is 4.79 Å². The van der Waals surface area contributed by atoms with E-state index in [2.05, 4.69) is 0 Å². The highest BCUT2D eigenvalue weighted by Crippen LogP contribution is 2.36. The van der Waals surface area contributed by atoms with Crippen molar-refractivity contribution >= 4 is 18.9 Å². The summed E-state index contributed by atoms with van der Waals surface area (Å²) in [5, 5.41) is 10.3. The van der Waals surface area contributed by atoms with E-state index in [-0.39, 0.29) is 23.6 Å². The number of hydrogen-bond acceptors (Lipinski definition) is 5. The molecule has 0 bridgehead atoms. The summed E-state index contributed by atoms with van der Waals surface area (Å²) in [6.07, 6.45) is 0.632. The first-order valence-electron chi connectivity index (χ1n) is 7.73. The molecule has 24 heavy (non-hydrogen) atoms. The second-order valence-corrected chi connectivity index (χ2v) is 5.75. The van der Waals surface area contributed by atoms with Gasteiger partial charge in [-0.1, -0.05) is 42.5 Å². The molecule has 3 rings (SSSR count). The number of ketones is 1. The van der Waals surface area contributed by atoms with E-state index in [0.717, 1.165) is 5.56 Å². The van der Waals surface area contributed by atoms with Crippen LogP contribution in [0.5, 0.6) is 5.75 Å². The van der Waals surface area contributed by atoms with E-state index in [9.17, 15) is 14.6 Å². The fourth-order valence-corrected chi connectivity index (χ4v) is 2.91. The van der Waals surface area contributed by atoms with E-state index in [4.69, 9.17) is 9.39 Å². The lowest BCUT2D eigenvalue weighted by Crippen LogP contribution is -2.35. The van der Waals surface area contributed by atoms with E-state index >= 15 is 0 Å². The Morgan fingerprint density at radius 1 is 1.21 bits per heavy atom. The molecule has 1 N–H and O–H groups in total. The Balaban J connectivity index is 1.80. The van der Waals surface area contributed by atoms with Crippen LogP contribution in [0.1, 0.15) is 32.7 Å². The number of Topliss-reactive ketones (excluding diaryl/α,β-unsaturated/α-hetero) is 1. The first kappa shape index (κ1) is 16.3. The van der Waals surface area contributed by atoms with Crippen molar-refractivity contribution in [1.82, 2.24) is 0 Å². The Kier molecular flexibility index (Phi) is 4.67. The van der Waals surface area contributed by atoms with Gasteiger partial charge in [0.2, 0.25) is 0 Å². The molecule has 5 nitrogen and oxygen atoms in total. The summed E-state index contributed by atoms with van der Waals surface area (Å²) in [6.45, 7) is 0. The van der Waals surface area contributed by atoms with E-state index < -0.39 is 13.1 Å². The molecule has 0 amide bonds. The quantitative estimate of drug-likeness (QED) is 0.531. The molecule has 6 heteroatoms. The van der Waals surface area contributed by atoms with Gasteiger partial charge in [0, 0.05) is 17.8 Å². The van der Waals surface area contributed by atoms with Gasteiger partial charge >= 0.3 is 13.1 Å². The van der Waals surface area contributed by atoms with Crippen LogP contribution in [0, 0.1) is 0 Å². The minimum absolute atomic E-state index is 0.0455. The van der Waals surface area contributed by atoms with Crippen LogP contribution < -0.4 is 4.65 Å². The van der Waals surface area contributed by atoms with Crippen molar-refractivity contribution in [2.75, 3.05) is 7.11 Å². The highest BCUT2D eigenvalue weighted by Gasteiger charge is 2.37. The minimum atomic E-state index is -1.14. The zero-order chi connectivity index (χ0) is 17.1. The van der Waals surface area contributed by atoms with Crippen LogP contribution in [0.3, 0.4) is 0 Å². The fraction of sp³-hybridized carbons (Fsp3) is 0.222. The number of hydrogen-bond donors (Lipinski definition) is 1. The van der Waals surface area contributed by atoms with Crippen molar-refractivity contribution in [2.24, 2.45) is 0 Å². The lowest BCUT2D eigenvalue weighted by Gasteiger charge is -2.28. The average molecular weight is 324 g/mol. The molecule has 0 unspecified atom stereocenters. The molecule has 0 fully saturated rings. The van der Waals surface area contributed by atoms with E-state index in [1.54, 1.807) is 36.4 Å². The van der Waals surface area contributed by atoms with Gasteiger partial charge in [-0.25, -0.2) is 4.79 Å². The van der Waals surface area contributed by atoms with Gasteiger partial charge < -0.3 is 14.4 Å². The fourth-order valence-electron chi connectivity index (χ4n) is 2.91. The Bertz CT molecular complexity index is 759. The number of ether oxygens (including phenoxy) is 1. The normalized spacial score (nSPS) is 16.1. The molecule has 0 aromatic heterocycles. The summed E-state index contributed by atoms with van der Waals surface area (Å²) in [6, 6.07) is 14.1.